The van der Waals surface area contributed by atoms with Gasteiger partial charge in [-0.3, -0.25) is 9.59 Å². The van der Waals surface area contributed by atoms with Crippen LogP contribution in [0.15, 0.2) is 66.7 Å². The summed E-state index contributed by atoms with van der Waals surface area (Å²) < 4.78 is 14.6. The lowest BCUT2D eigenvalue weighted by molar-refractivity contribution is 0.0767. The van der Waals surface area contributed by atoms with Crippen LogP contribution in [0.5, 0.6) is 0 Å². The summed E-state index contributed by atoms with van der Waals surface area (Å²) in [6, 6.07) is 21.8. The van der Waals surface area contributed by atoms with Crippen molar-refractivity contribution in [2.45, 2.75) is 12.8 Å². The Morgan fingerprint density at radius 1 is 0.853 bits per heavy atom. The molecule has 0 bridgehead atoms. The number of nitriles is 2. The van der Waals surface area contributed by atoms with Gasteiger partial charge in [-0.25, -0.2) is 4.39 Å². The maximum absolute atomic E-state index is 14.6. The highest BCUT2D eigenvalue weighted by molar-refractivity contribution is 6.02. The molecular formula is C28H22FN3O2. The number of piperidine rings is 1. The summed E-state index contributed by atoms with van der Waals surface area (Å²) in [5.74, 6) is -2.67. The quantitative estimate of drug-likeness (QED) is 0.574. The van der Waals surface area contributed by atoms with Crippen LogP contribution in [0.3, 0.4) is 0 Å². The molecule has 0 aromatic heterocycles. The monoisotopic (exact) mass is 451 g/mol. The number of hydrogen-bond acceptors (Lipinski definition) is 5. The van der Waals surface area contributed by atoms with Crippen LogP contribution < -0.4 is 5.32 Å². The molecule has 0 saturated carbocycles. The van der Waals surface area contributed by atoms with Crippen molar-refractivity contribution >= 4 is 11.6 Å². The van der Waals surface area contributed by atoms with Gasteiger partial charge in [0.1, 0.15) is 5.82 Å². The Bertz CT molecular complexity index is 1270. The molecular weight excluding hydrogens is 429 g/mol. The molecule has 1 heterocycles. The van der Waals surface area contributed by atoms with Crippen molar-refractivity contribution in [2.24, 2.45) is 11.8 Å². The molecule has 1 N–H and O–H groups in total. The van der Waals surface area contributed by atoms with Gasteiger partial charge in [-0.1, -0.05) is 36.4 Å². The molecule has 4 rings (SSSR count). The third-order valence-electron chi connectivity index (χ3n) is 6.49. The van der Waals surface area contributed by atoms with Crippen molar-refractivity contribution in [2.75, 3.05) is 13.1 Å². The van der Waals surface area contributed by atoms with E-state index >= 15 is 0 Å². The molecule has 3 atom stereocenters. The summed E-state index contributed by atoms with van der Waals surface area (Å²) in [5, 5.41) is 21.7. The number of rotatable bonds is 5. The molecule has 1 fully saturated rings. The number of nitrogens with one attached hydrogen (secondary N) is 1. The number of halogens is 1. The van der Waals surface area contributed by atoms with Crippen molar-refractivity contribution in [1.29, 1.82) is 10.5 Å². The zero-order valence-electron chi connectivity index (χ0n) is 18.6. The molecule has 3 aromatic carbocycles. The summed E-state index contributed by atoms with van der Waals surface area (Å²) in [6.07, 6.45) is 0. The smallest absolute Gasteiger partial charge is 0.167 e. The second-order valence-electron chi connectivity index (χ2n) is 8.46. The minimum absolute atomic E-state index is 0.207. The molecule has 0 spiro atoms. The minimum atomic E-state index is -0.642. The van der Waals surface area contributed by atoms with Gasteiger partial charge in [-0.15, -0.1) is 0 Å². The number of Topliss-reactive ketones (excluding diaryl/α,β-unsaturated/α-hetero) is 2. The van der Waals surface area contributed by atoms with Gasteiger partial charge < -0.3 is 5.32 Å². The van der Waals surface area contributed by atoms with E-state index in [0.717, 1.165) is 0 Å². The van der Waals surface area contributed by atoms with Gasteiger partial charge in [0.05, 0.1) is 23.3 Å². The molecule has 6 heteroatoms. The minimum Gasteiger partial charge on any atom is -0.315 e. The van der Waals surface area contributed by atoms with E-state index in [-0.39, 0.29) is 11.6 Å². The van der Waals surface area contributed by atoms with Crippen molar-refractivity contribution in [3.63, 3.8) is 0 Å². The van der Waals surface area contributed by atoms with Crippen molar-refractivity contribution < 1.29 is 14.0 Å². The molecule has 0 aliphatic carbocycles. The van der Waals surface area contributed by atoms with Gasteiger partial charge in [0.15, 0.2) is 11.6 Å². The Labute approximate surface area is 197 Å². The summed E-state index contributed by atoms with van der Waals surface area (Å²) in [7, 11) is 0. The molecule has 1 unspecified atom stereocenters. The van der Waals surface area contributed by atoms with E-state index in [0.29, 0.717) is 46.5 Å². The van der Waals surface area contributed by atoms with E-state index in [1.165, 1.54) is 6.07 Å². The number of nitrogens with zero attached hydrogens (tertiary/aromatic N) is 2. The first kappa shape index (κ1) is 23.0. The van der Waals surface area contributed by atoms with Crippen LogP contribution in [0.25, 0.3) is 0 Å². The van der Waals surface area contributed by atoms with Crippen molar-refractivity contribution in [3.8, 4) is 12.1 Å². The zero-order chi connectivity index (χ0) is 24.2. The molecule has 0 amide bonds. The Kier molecular flexibility index (Phi) is 6.63. The third kappa shape index (κ3) is 4.37. The molecule has 0 radical (unpaired) electrons. The predicted molar refractivity (Wildman–Crippen MR) is 125 cm³/mol. The van der Waals surface area contributed by atoms with Gasteiger partial charge >= 0.3 is 0 Å². The molecule has 34 heavy (non-hydrogen) atoms. The van der Waals surface area contributed by atoms with Crippen molar-refractivity contribution in [1.82, 2.24) is 5.32 Å². The first-order valence-corrected chi connectivity index (χ1v) is 11.0. The average molecular weight is 452 g/mol. The summed E-state index contributed by atoms with van der Waals surface area (Å²) >= 11 is 0. The Morgan fingerprint density at radius 2 is 1.35 bits per heavy atom. The van der Waals surface area contributed by atoms with E-state index in [2.05, 4.69) is 5.32 Å². The Morgan fingerprint density at radius 3 is 1.85 bits per heavy atom. The highest BCUT2D eigenvalue weighted by Gasteiger charge is 2.43. The van der Waals surface area contributed by atoms with Crippen LogP contribution in [-0.2, 0) is 0 Å². The number of ketones is 2. The molecule has 1 aliphatic heterocycles. The number of hydrogen-bond donors (Lipinski definition) is 1. The average Bonchev–Trinajstić information content (AvgIpc) is 2.89. The first-order chi connectivity index (χ1) is 16.4. The van der Waals surface area contributed by atoms with Gasteiger partial charge in [-0.2, -0.15) is 10.5 Å². The van der Waals surface area contributed by atoms with Gasteiger partial charge in [0, 0.05) is 42.0 Å². The van der Waals surface area contributed by atoms with E-state index in [1.54, 1.807) is 67.6 Å². The molecule has 1 saturated heterocycles. The van der Waals surface area contributed by atoms with Crippen LogP contribution in [-0.4, -0.2) is 24.7 Å². The number of carbonyl (C=O) groups excluding carboxylic acids is 2. The van der Waals surface area contributed by atoms with Crippen LogP contribution in [0.4, 0.5) is 4.39 Å². The molecule has 3 aromatic rings. The van der Waals surface area contributed by atoms with Gasteiger partial charge in [-0.05, 0) is 48.4 Å². The van der Waals surface area contributed by atoms with Crippen LogP contribution in [0, 0.1) is 47.2 Å². The second kappa shape index (κ2) is 9.79. The summed E-state index contributed by atoms with van der Waals surface area (Å²) in [6.45, 7) is 2.29. The largest absolute Gasteiger partial charge is 0.315 e. The molecule has 1 aliphatic rings. The topological polar surface area (TPSA) is 93.8 Å². The van der Waals surface area contributed by atoms with E-state index < -0.39 is 23.6 Å². The van der Waals surface area contributed by atoms with Crippen LogP contribution in [0.1, 0.15) is 48.9 Å². The highest BCUT2D eigenvalue weighted by Crippen LogP contribution is 2.40. The second-order valence-corrected chi connectivity index (χ2v) is 8.46. The standard InChI is InChI=1S/C28H22FN3O2/c1-17-22(9-4-10-25(17)29)26-23(27(33)20-7-2-5-18(11-20)13-30)15-32-16-24(26)28(34)21-8-3-6-19(12-21)14-31/h2-12,23-24,26,32H,15-16H2,1H3/t23-,24+,26?. The fourth-order valence-corrected chi connectivity index (χ4v) is 4.77. The lowest BCUT2D eigenvalue weighted by Gasteiger charge is -2.38. The lowest BCUT2D eigenvalue weighted by atomic mass is 9.68. The fourth-order valence-electron chi connectivity index (χ4n) is 4.77. The van der Waals surface area contributed by atoms with Crippen molar-refractivity contribution in [3.05, 3.63) is 106 Å². The molecule has 168 valence electrons. The summed E-state index contributed by atoms with van der Waals surface area (Å²) in [4.78, 5) is 27.3. The van der Waals surface area contributed by atoms with Crippen LogP contribution in [0.2, 0.25) is 0 Å². The fraction of sp³-hybridized carbons (Fsp3) is 0.214. The van der Waals surface area contributed by atoms with E-state index in [1.807, 2.05) is 12.1 Å². The van der Waals surface area contributed by atoms with Crippen LogP contribution >= 0.6 is 0 Å². The molecule has 5 nitrogen and oxygen atoms in total. The first-order valence-electron chi connectivity index (χ1n) is 11.0. The Hall–Kier alpha value is -4.13. The third-order valence-corrected chi connectivity index (χ3v) is 6.49. The number of benzene rings is 3. The lowest BCUT2D eigenvalue weighted by Crippen LogP contribution is -2.48. The van der Waals surface area contributed by atoms with Gasteiger partial charge in [0.25, 0.3) is 0 Å². The zero-order valence-corrected chi connectivity index (χ0v) is 18.6. The summed E-state index contributed by atoms with van der Waals surface area (Å²) in [5.41, 5.74) is 2.52. The normalized spacial score (nSPS) is 19.6. The van der Waals surface area contributed by atoms with Gasteiger partial charge in [0.2, 0.25) is 0 Å². The SMILES string of the molecule is Cc1c(F)cccc1C1[C@@H](C(=O)c2cccc(C#N)c2)CNC[C@H]1C(=O)c1cccc(C#N)c1. The maximum Gasteiger partial charge on any atom is 0.167 e. The maximum atomic E-state index is 14.6. The van der Waals surface area contributed by atoms with E-state index in [9.17, 15) is 24.5 Å². The van der Waals surface area contributed by atoms with E-state index in [4.69, 9.17) is 0 Å². The Balaban J connectivity index is 1.82. The predicted octanol–water partition coefficient (Wildman–Crippen LogP) is 4.56. The highest BCUT2D eigenvalue weighted by atomic mass is 19.1. The number of carbonyl (C=O) groups is 2.